The summed E-state index contributed by atoms with van der Waals surface area (Å²) >= 11 is 0. The van der Waals surface area contributed by atoms with Crippen molar-refractivity contribution in [2.75, 3.05) is 12.0 Å². The molecule has 0 fully saturated rings. The fraction of sp³-hybridized carbons (Fsp3) is 0.235. The van der Waals surface area contributed by atoms with Crippen LogP contribution in [0.5, 0.6) is 5.75 Å². The van der Waals surface area contributed by atoms with E-state index in [1.165, 1.54) is 5.56 Å². The molecule has 0 aliphatic carbocycles. The highest BCUT2D eigenvalue weighted by atomic mass is 17.1. The molecule has 0 radical (unpaired) electrons. The van der Waals surface area contributed by atoms with E-state index in [4.69, 9.17) is 9.99 Å². The third kappa shape index (κ3) is 5.61. The fourth-order valence-electron chi connectivity index (χ4n) is 1.91. The number of anilines is 1. The van der Waals surface area contributed by atoms with Gasteiger partial charge >= 0.3 is 0 Å². The van der Waals surface area contributed by atoms with Crippen molar-refractivity contribution in [2.24, 2.45) is 0 Å². The first-order chi connectivity index (χ1) is 11.2. The van der Waals surface area contributed by atoms with Gasteiger partial charge in [-0.25, -0.2) is 4.89 Å². The van der Waals surface area contributed by atoms with Crippen LogP contribution in [0.3, 0.4) is 0 Å². The Labute approximate surface area is 134 Å². The molecule has 0 aromatic heterocycles. The first kappa shape index (κ1) is 16.8. The van der Waals surface area contributed by atoms with Gasteiger partial charge in [0.05, 0.1) is 5.69 Å². The lowest BCUT2D eigenvalue weighted by atomic mass is 10.2. The standard InChI is InChI=1S/C17H20N2O4/c1-2-13-5-9-16(10-6-13)22-12-17(20)19-18-15-7-3-14(4-8-15)11-23-21/h3-10,18,21H,2,11-12H2,1H3,(H,19,20). The molecule has 6 nitrogen and oxygen atoms in total. The molecule has 0 unspecified atom stereocenters. The van der Waals surface area contributed by atoms with Gasteiger partial charge in [0.25, 0.3) is 5.91 Å². The van der Waals surface area contributed by atoms with E-state index in [1.807, 2.05) is 24.3 Å². The van der Waals surface area contributed by atoms with E-state index in [0.717, 1.165) is 12.0 Å². The Balaban J connectivity index is 1.73. The van der Waals surface area contributed by atoms with Gasteiger partial charge in [-0.3, -0.25) is 20.9 Å². The number of hydrazine groups is 1. The fourth-order valence-corrected chi connectivity index (χ4v) is 1.91. The van der Waals surface area contributed by atoms with Crippen LogP contribution in [-0.4, -0.2) is 17.8 Å². The minimum Gasteiger partial charge on any atom is -0.484 e. The number of carbonyl (C=O) groups is 1. The number of amides is 1. The van der Waals surface area contributed by atoms with Gasteiger partial charge in [-0.2, -0.15) is 0 Å². The Hall–Kier alpha value is -2.57. The molecule has 2 aromatic carbocycles. The quantitative estimate of drug-likeness (QED) is 0.515. The van der Waals surface area contributed by atoms with E-state index in [1.54, 1.807) is 24.3 Å². The van der Waals surface area contributed by atoms with Crippen LogP contribution in [-0.2, 0) is 22.7 Å². The van der Waals surface area contributed by atoms with Gasteiger partial charge in [0.2, 0.25) is 0 Å². The Bertz CT molecular complexity index is 611. The van der Waals surface area contributed by atoms with Crippen molar-refractivity contribution >= 4 is 11.6 Å². The summed E-state index contributed by atoms with van der Waals surface area (Å²) in [5, 5.41) is 8.36. The van der Waals surface area contributed by atoms with Crippen molar-refractivity contribution in [2.45, 2.75) is 20.0 Å². The highest BCUT2D eigenvalue weighted by Gasteiger charge is 2.03. The van der Waals surface area contributed by atoms with Crippen LogP contribution in [0.15, 0.2) is 48.5 Å². The smallest absolute Gasteiger partial charge is 0.276 e. The monoisotopic (exact) mass is 316 g/mol. The first-order valence-electron chi connectivity index (χ1n) is 7.33. The molecule has 0 saturated carbocycles. The molecule has 1 amide bonds. The van der Waals surface area contributed by atoms with Gasteiger partial charge in [0.15, 0.2) is 6.61 Å². The largest absolute Gasteiger partial charge is 0.484 e. The molecule has 0 atom stereocenters. The summed E-state index contributed by atoms with van der Waals surface area (Å²) in [7, 11) is 0. The molecule has 0 bridgehead atoms. The van der Waals surface area contributed by atoms with Crippen molar-refractivity contribution in [3.63, 3.8) is 0 Å². The van der Waals surface area contributed by atoms with Crippen LogP contribution < -0.4 is 15.6 Å². The Morgan fingerprint density at radius 3 is 2.30 bits per heavy atom. The van der Waals surface area contributed by atoms with Crippen molar-refractivity contribution in [1.82, 2.24) is 5.43 Å². The Morgan fingerprint density at radius 2 is 1.70 bits per heavy atom. The highest BCUT2D eigenvalue weighted by Crippen LogP contribution is 2.12. The van der Waals surface area contributed by atoms with E-state index in [9.17, 15) is 4.79 Å². The maximum atomic E-state index is 11.7. The van der Waals surface area contributed by atoms with Gasteiger partial charge in [0, 0.05) is 0 Å². The number of rotatable bonds is 8. The zero-order valence-corrected chi connectivity index (χ0v) is 12.9. The molecule has 122 valence electrons. The van der Waals surface area contributed by atoms with Crippen molar-refractivity contribution in [3.05, 3.63) is 59.7 Å². The molecule has 6 heteroatoms. The lowest BCUT2D eigenvalue weighted by molar-refractivity contribution is -0.253. The number of carbonyl (C=O) groups excluding carboxylic acids is 1. The average Bonchev–Trinajstić information content (AvgIpc) is 2.60. The van der Waals surface area contributed by atoms with Gasteiger partial charge in [-0.05, 0) is 41.8 Å². The first-order valence-corrected chi connectivity index (χ1v) is 7.33. The summed E-state index contributed by atoms with van der Waals surface area (Å²) < 4.78 is 5.41. The maximum Gasteiger partial charge on any atom is 0.276 e. The second-order valence-electron chi connectivity index (χ2n) is 4.93. The van der Waals surface area contributed by atoms with Crippen LogP contribution in [0.4, 0.5) is 5.69 Å². The maximum absolute atomic E-state index is 11.7. The van der Waals surface area contributed by atoms with Crippen molar-refractivity contribution in [3.8, 4) is 5.75 Å². The molecular weight excluding hydrogens is 296 g/mol. The zero-order valence-electron chi connectivity index (χ0n) is 12.9. The number of hydrogen-bond acceptors (Lipinski definition) is 5. The van der Waals surface area contributed by atoms with Gasteiger partial charge < -0.3 is 4.74 Å². The van der Waals surface area contributed by atoms with E-state index in [0.29, 0.717) is 11.4 Å². The molecular formula is C17H20N2O4. The number of hydrogen-bond donors (Lipinski definition) is 3. The SMILES string of the molecule is CCc1ccc(OCC(=O)NNc2ccc(COO)cc2)cc1. The second-order valence-corrected chi connectivity index (χ2v) is 4.93. The average molecular weight is 316 g/mol. The Kier molecular flexibility index (Phi) is 6.40. The Morgan fingerprint density at radius 1 is 1.04 bits per heavy atom. The lowest BCUT2D eigenvalue weighted by Crippen LogP contribution is -2.33. The van der Waals surface area contributed by atoms with Gasteiger partial charge in [-0.15, -0.1) is 0 Å². The topological polar surface area (TPSA) is 79.8 Å². The molecule has 0 spiro atoms. The van der Waals surface area contributed by atoms with Crippen LogP contribution in [0.25, 0.3) is 0 Å². The zero-order chi connectivity index (χ0) is 16.5. The van der Waals surface area contributed by atoms with E-state index >= 15 is 0 Å². The minimum absolute atomic E-state index is 0.0745. The number of benzene rings is 2. The minimum atomic E-state index is -0.285. The summed E-state index contributed by atoms with van der Waals surface area (Å²) in [6.45, 7) is 2.13. The molecule has 0 heterocycles. The van der Waals surface area contributed by atoms with Crippen LogP contribution in [0, 0.1) is 0 Å². The van der Waals surface area contributed by atoms with E-state index in [2.05, 4.69) is 22.7 Å². The number of aryl methyl sites for hydroxylation is 1. The van der Waals surface area contributed by atoms with Gasteiger partial charge in [0.1, 0.15) is 12.4 Å². The number of ether oxygens (including phenoxy) is 1. The summed E-state index contributed by atoms with van der Waals surface area (Å²) in [6, 6.07) is 14.7. The van der Waals surface area contributed by atoms with Crippen LogP contribution >= 0.6 is 0 Å². The van der Waals surface area contributed by atoms with Crippen molar-refractivity contribution < 1.29 is 19.7 Å². The molecule has 0 aliphatic heterocycles. The molecule has 2 aromatic rings. The normalized spacial score (nSPS) is 10.2. The summed E-state index contributed by atoms with van der Waals surface area (Å²) in [5.41, 5.74) is 8.09. The molecule has 0 saturated heterocycles. The third-order valence-corrected chi connectivity index (χ3v) is 3.23. The van der Waals surface area contributed by atoms with E-state index in [-0.39, 0.29) is 19.1 Å². The molecule has 3 N–H and O–H groups in total. The highest BCUT2D eigenvalue weighted by molar-refractivity contribution is 5.78. The lowest BCUT2D eigenvalue weighted by Gasteiger charge is -2.10. The third-order valence-electron chi connectivity index (χ3n) is 3.23. The summed E-state index contributed by atoms with van der Waals surface area (Å²) in [4.78, 5) is 15.8. The molecule has 2 rings (SSSR count). The molecule has 23 heavy (non-hydrogen) atoms. The van der Waals surface area contributed by atoms with Crippen LogP contribution in [0.1, 0.15) is 18.1 Å². The van der Waals surface area contributed by atoms with Gasteiger partial charge in [-0.1, -0.05) is 31.2 Å². The predicted molar refractivity (Wildman–Crippen MR) is 86.9 cm³/mol. The summed E-state index contributed by atoms with van der Waals surface area (Å²) in [5.74, 6) is 0.373. The second kappa shape index (κ2) is 8.77. The van der Waals surface area contributed by atoms with Crippen LogP contribution in [0.2, 0.25) is 0 Å². The number of nitrogens with one attached hydrogen (secondary N) is 2. The van der Waals surface area contributed by atoms with Crippen molar-refractivity contribution in [1.29, 1.82) is 0 Å². The summed E-state index contributed by atoms with van der Waals surface area (Å²) in [6.07, 6.45) is 0.966. The van der Waals surface area contributed by atoms with E-state index < -0.39 is 0 Å². The molecule has 0 aliphatic rings. The predicted octanol–water partition coefficient (Wildman–Crippen LogP) is 2.76.